The Labute approximate surface area is 141 Å². The topological polar surface area (TPSA) is 45.5 Å². The maximum atomic E-state index is 12.3. The van der Waals surface area contributed by atoms with Crippen LogP contribution in [0.2, 0.25) is 0 Å². The van der Waals surface area contributed by atoms with Gasteiger partial charge in [-0.2, -0.15) is 0 Å². The van der Waals surface area contributed by atoms with Crippen molar-refractivity contribution >= 4 is 17.2 Å². The van der Waals surface area contributed by atoms with E-state index in [1.54, 1.807) is 12.3 Å². The van der Waals surface area contributed by atoms with E-state index in [9.17, 15) is 4.79 Å². The molecule has 4 nitrogen and oxygen atoms in total. The van der Waals surface area contributed by atoms with Gasteiger partial charge in [-0.25, -0.2) is 0 Å². The van der Waals surface area contributed by atoms with E-state index >= 15 is 0 Å². The highest BCUT2D eigenvalue weighted by Gasteiger charge is 2.24. The summed E-state index contributed by atoms with van der Waals surface area (Å²) in [6.07, 6.45) is 6.27. The van der Waals surface area contributed by atoms with Gasteiger partial charge in [0.15, 0.2) is 0 Å². The summed E-state index contributed by atoms with van der Waals surface area (Å²) in [6, 6.07) is 6.58. The molecule has 3 rings (SSSR count). The molecular weight excluding hydrogens is 308 g/mol. The van der Waals surface area contributed by atoms with E-state index in [-0.39, 0.29) is 5.91 Å². The molecule has 0 saturated carbocycles. The zero-order valence-electron chi connectivity index (χ0n) is 13.5. The molecule has 1 amide bonds. The molecule has 124 valence electrons. The lowest BCUT2D eigenvalue weighted by Gasteiger charge is -2.32. The van der Waals surface area contributed by atoms with Crippen molar-refractivity contribution in [1.82, 2.24) is 10.2 Å². The largest absolute Gasteiger partial charge is 0.472 e. The quantitative estimate of drug-likeness (QED) is 0.882. The molecule has 0 unspecified atom stereocenters. The number of carbonyl (C=O) groups excluding carboxylic acids is 1. The Morgan fingerprint density at radius 3 is 2.91 bits per heavy atom. The van der Waals surface area contributed by atoms with Gasteiger partial charge in [0.05, 0.1) is 11.8 Å². The highest BCUT2D eigenvalue weighted by Crippen LogP contribution is 2.16. The summed E-state index contributed by atoms with van der Waals surface area (Å²) in [5.74, 6) is 0.725. The van der Waals surface area contributed by atoms with Crippen LogP contribution in [0.25, 0.3) is 0 Å². The molecule has 23 heavy (non-hydrogen) atoms. The van der Waals surface area contributed by atoms with Crippen molar-refractivity contribution in [1.29, 1.82) is 0 Å². The second-order valence-electron chi connectivity index (χ2n) is 6.38. The van der Waals surface area contributed by atoms with Gasteiger partial charge in [0, 0.05) is 24.0 Å². The standard InChI is InChI=1S/C18H24N2O2S/c1-14(11-17-3-2-10-23-17)12-19-16-4-7-20(8-5-16)18(21)15-6-9-22-13-15/h2-3,6,9-10,13-14,16,19H,4-5,7-8,11-12H2,1H3/t14-/m0/s1. The Morgan fingerprint density at radius 1 is 1.43 bits per heavy atom. The molecule has 1 aliphatic heterocycles. The van der Waals surface area contributed by atoms with Gasteiger partial charge >= 0.3 is 0 Å². The fraction of sp³-hybridized carbons (Fsp3) is 0.500. The third-order valence-corrected chi connectivity index (χ3v) is 5.33. The fourth-order valence-electron chi connectivity index (χ4n) is 3.07. The first-order valence-corrected chi connectivity index (χ1v) is 9.17. The summed E-state index contributed by atoms with van der Waals surface area (Å²) in [4.78, 5) is 15.6. The first-order valence-electron chi connectivity index (χ1n) is 8.29. The summed E-state index contributed by atoms with van der Waals surface area (Å²) in [5.41, 5.74) is 0.654. The smallest absolute Gasteiger partial charge is 0.257 e. The summed E-state index contributed by atoms with van der Waals surface area (Å²) >= 11 is 1.84. The van der Waals surface area contributed by atoms with Gasteiger partial charge in [-0.1, -0.05) is 13.0 Å². The van der Waals surface area contributed by atoms with E-state index in [0.29, 0.717) is 17.5 Å². The lowest BCUT2D eigenvalue weighted by molar-refractivity contribution is 0.0703. The molecule has 3 heterocycles. The van der Waals surface area contributed by atoms with Crippen LogP contribution in [-0.4, -0.2) is 36.5 Å². The Balaban J connectivity index is 1.38. The molecule has 1 aliphatic rings. The molecule has 0 radical (unpaired) electrons. The second kappa shape index (κ2) is 7.79. The predicted molar refractivity (Wildman–Crippen MR) is 92.8 cm³/mol. The zero-order chi connectivity index (χ0) is 16.1. The summed E-state index contributed by atoms with van der Waals surface area (Å²) in [7, 11) is 0. The van der Waals surface area contributed by atoms with Crippen LogP contribution in [0.5, 0.6) is 0 Å². The van der Waals surface area contributed by atoms with Crippen molar-refractivity contribution in [3.8, 4) is 0 Å². The fourth-order valence-corrected chi connectivity index (χ4v) is 3.94. The molecular formula is C18H24N2O2S. The van der Waals surface area contributed by atoms with Crippen LogP contribution in [0.1, 0.15) is 35.0 Å². The van der Waals surface area contributed by atoms with Crippen molar-refractivity contribution in [2.24, 2.45) is 5.92 Å². The average molecular weight is 332 g/mol. The van der Waals surface area contributed by atoms with Crippen molar-refractivity contribution < 1.29 is 9.21 Å². The van der Waals surface area contributed by atoms with Crippen LogP contribution in [0.3, 0.4) is 0 Å². The Bertz CT molecular complexity index is 587. The van der Waals surface area contributed by atoms with Gasteiger partial charge in [-0.3, -0.25) is 4.79 Å². The Kier molecular flexibility index (Phi) is 5.51. The van der Waals surface area contributed by atoms with Gasteiger partial charge in [-0.05, 0) is 49.2 Å². The van der Waals surface area contributed by atoms with E-state index in [1.165, 1.54) is 11.1 Å². The van der Waals surface area contributed by atoms with Crippen LogP contribution in [0.15, 0.2) is 40.5 Å². The molecule has 1 N–H and O–H groups in total. The minimum absolute atomic E-state index is 0.0864. The number of furan rings is 1. The molecule has 0 spiro atoms. The highest BCUT2D eigenvalue weighted by molar-refractivity contribution is 7.09. The molecule has 0 bridgehead atoms. The number of carbonyl (C=O) groups is 1. The normalized spacial score (nSPS) is 17.3. The van der Waals surface area contributed by atoms with Crippen molar-refractivity contribution in [2.75, 3.05) is 19.6 Å². The number of nitrogens with one attached hydrogen (secondary N) is 1. The molecule has 0 aliphatic carbocycles. The lowest BCUT2D eigenvalue weighted by Crippen LogP contribution is -2.45. The number of thiophene rings is 1. The third kappa shape index (κ3) is 4.45. The number of hydrogen-bond acceptors (Lipinski definition) is 4. The molecule has 1 fully saturated rings. The maximum absolute atomic E-state index is 12.3. The molecule has 5 heteroatoms. The van der Waals surface area contributed by atoms with Crippen LogP contribution in [0.4, 0.5) is 0 Å². The van der Waals surface area contributed by atoms with Gasteiger partial charge in [0.1, 0.15) is 6.26 Å². The van der Waals surface area contributed by atoms with Crippen LogP contribution in [0, 0.1) is 5.92 Å². The first-order chi connectivity index (χ1) is 11.2. The van der Waals surface area contributed by atoms with Gasteiger partial charge in [0.2, 0.25) is 0 Å². The number of likely N-dealkylation sites (tertiary alicyclic amines) is 1. The molecule has 0 aromatic carbocycles. The summed E-state index contributed by atoms with van der Waals surface area (Å²) in [6.45, 7) is 4.98. The zero-order valence-corrected chi connectivity index (χ0v) is 14.3. The van der Waals surface area contributed by atoms with Crippen molar-refractivity contribution in [2.45, 2.75) is 32.2 Å². The van der Waals surface area contributed by atoms with E-state index in [4.69, 9.17) is 4.42 Å². The number of piperidine rings is 1. The number of rotatable bonds is 6. The SMILES string of the molecule is C[C@H](CNC1CCN(C(=O)c2ccoc2)CC1)Cc1cccs1. The average Bonchev–Trinajstić information content (AvgIpc) is 3.26. The lowest BCUT2D eigenvalue weighted by atomic mass is 10.0. The second-order valence-corrected chi connectivity index (χ2v) is 7.41. The van der Waals surface area contributed by atoms with Crippen LogP contribution in [-0.2, 0) is 6.42 Å². The van der Waals surface area contributed by atoms with Crippen molar-refractivity contribution in [3.05, 3.63) is 46.5 Å². The van der Waals surface area contributed by atoms with Gasteiger partial charge < -0.3 is 14.6 Å². The van der Waals surface area contributed by atoms with E-state index in [1.807, 2.05) is 16.2 Å². The number of hydrogen-bond donors (Lipinski definition) is 1. The third-order valence-electron chi connectivity index (χ3n) is 4.44. The van der Waals surface area contributed by atoms with E-state index < -0.39 is 0 Å². The summed E-state index contributed by atoms with van der Waals surface area (Å²) in [5, 5.41) is 5.82. The monoisotopic (exact) mass is 332 g/mol. The Morgan fingerprint density at radius 2 is 2.26 bits per heavy atom. The summed E-state index contributed by atoms with van der Waals surface area (Å²) < 4.78 is 5.00. The van der Waals surface area contributed by atoms with Gasteiger partial charge in [-0.15, -0.1) is 11.3 Å². The first kappa shape index (κ1) is 16.3. The Hall–Kier alpha value is -1.59. The molecule has 1 atom stereocenters. The number of amides is 1. The molecule has 1 saturated heterocycles. The molecule has 2 aromatic heterocycles. The minimum atomic E-state index is 0.0864. The van der Waals surface area contributed by atoms with E-state index in [0.717, 1.165) is 38.9 Å². The van der Waals surface area contributed by atoms with Crippen LogP contribution < -0.4 is 5.32 Å². The van der Waals surface area contributed by atoms with E-state index in [2.05, 4.69) is 29.8 Å². The maximum Gasteiger partial charge on any atom is 0.257 e. The molecule has 2 aromatic rings. The van der Waals surface area contributed by atoms with Gasteiger partial charge in [0.25, 0.3) is 5.91 Å². The predicted octanol–water partition coefficient (Wildman–Crippen LogP) is 3.41. The minimum Gasteiger partial charge on any atom is -0.472 e. The van der Waals surface area contributed by atoms with Crippen LogP contribution >= 0.6 is 11.3 Å². The van der Waals surface area contributed by atoms with Crippen molar-refractivity contribution in [3.63, 3.8) is 0 Å². The highest BCUT2D eigenvalue weighted by atomic mass is 32.1. The number of nitrogens with zero attached hydrogens (tertiary/aromatic N) is 1.